The summed E-state index contributed by atoms with van der Waals surface area (Å²) < 4.78 is 5.53. The van der Waals surface area contributed by atoms with Crippen LogP contribution in [0.25, 0.3) is 0 Å². The molecule has 0 saturated carbocycles. The summed E-state index contributed by atoms with van der Waals surface area (Å²) in [5.41, 5.74) is 1.91. The normalized spacial score (nSPS) is 11.1. The van der Waals surface area contributed by atoms with Crippen LogP contribution in [0.4, 0.5) is 11.8 Å². The van der Waals surface area contributed by atoms with Crippen LogP contribution in [0.1, 0.15) is 11.1 Å². The average molecular weight is 369 g/mol. The molecule has 0 unspecified atom stereocenters. The second-order valence-corrected chi connectivity index (χ2v) is 5.43. The van der Waals surface area contributed by atoms with E-state index in [1.807, 2.05) is 24.3 Å². The lowest BCUT2D eigenvalue weighted by molar-refractivity contribution is 0.200. The Morgan fingerprint density at radius 3 is 2.85 bits per heavy atom. The van der Waals surface area contributed by atoms with E-state index in [-0.39, 0.29) is 19.2 Å². The van der Waals surface area contributed by atoms with Gasteiger partial charge in [-0.25, -0.2) is 9.98 Å². The molecule has 1 aromatic heterocycles. The van der Waals surface area contributed by atoms with Gasteiger partial charge in [0.2, 0.25) is 0 Å². The predicted molar refractivity (Wildman–Crippen MR) is 106 cm³/mol. The molecule has 0 amide bonds. The van der Waals surface area contributed by atoms with E-state index in [9.17, 15) is 0 Å². The first-order valence-electron chi connectivity index (χ1n) is 8.37. The molecule has 5 N–H and O–H groups in total. The number of para-hydroxylation sites is 1. The van der Waals surface area contributed by atoms with E-state index in [0.717, 1.165) is 18.0 Å². The number of benzene rings is 1. The van der Waals surface area contributed by atoms with Gasteiger partial charge in [0.25, 0.3) is 5.95 Å². The number of aliphatic imine (C=N–C) groups is 1. The Balaban J connectivity index is 2.21. The lowest BCUT2D eigenvalue weighted by Crippen LogP contribution is -2.19. The van der Waals surface area contributed by atoms with Crippen molar-refractivity contribution in [2.24, 2.45) is 4.99 Å². The van der Waals surface area contributed by atoms with Crippen LogP contribution >= 0.6 is 0 Å². The minimum Gasteiger partial charge on any atom is -0.491 e. The maximum Gasteiger partial charge on any atom is 0.251 e. The first-order chi connectivity index (χ1) is 13.2. The Hall–Kier alpha value is -3.17. The van der Waals surface area contributed by atoms with Gasteiger partial charge in [0.1, 0.15) is 18.2 Å². The van der Waals surface area contributed by atoms with Gasteiger partial charge in [-0.05, 0) is 13.1 Å². The van der Waals surface area contributed by atoms with Crippen LogP contribution in [-0.4, -0.2) is 60.0 Å². The molecule has 0 atom stereocenters. The van der Waals surface area contributed by atoms with E-state index < -0.39 is 0 Å². The molecule has 0 spiro atoms. The van der Waals surface area contributed by atoms with Crippen LogP contribution in [0.2, 0.25) is 0 Å². The number of aliphatic hydroxyl groups is 1. The summed E-state index contributed by atoms with van der Waals surface area (Å²) in [4.78, 5) is 12.7. The van der Waals surface area contributed by atoms with Crippen molar-refractivity contribution >= 4 is 29.9 Å². The van der Waals surface area contributed by atoms with E-state index >= 15 is 0 Å². The summed E-state index contributed by atoms with van der Waals surface area (Å²) in [6.45, 7) is 0.996. The minimum atomic E-state index is -0.0606. The highest BCUT2D eigenvalue weighted by Crippen LogP contribution is 2.21. The SMILES string of the molecule is CNCC(C=N)=Nc1ncc(C=N)c(NCc2ccccc2OCCO)n1. The van der Waals surface area contributed by atoms with E-state index in [1.54, 1.807) is 7.05 Å². The van der Waals surface area contributed by atoms with Crippen molar-refractivity contribution in [3.63, 3.8) is 0 Å². The molecular weight excluding hydrogens is 346 g/mol. The number of hydrogen-bond acceptors (Lipinski definition) is 9. The highest BCUT2D eigenvalue weighted by Gasteiger charge is 2.08. The third-order valence-corrected chi connectivity index (χ3v) is 3.50. The minimum absolute atomic E-state index is 0.0606. The van der Waals surface area contributed by atoms with Gasteiger partial charge in [-0.1, -0.05) is 18.2 Å². The quantitative estimate of drug-likeness (QED) is 0.379. The number of nitrogens with zero attached hydrogens (tertiary/aromatic N) is 3. The van der Waals surface area contributed by atoms with Gasteiger partial charge in [-0.2, -0.15) is 4.98 Å². The monoisotopic (exact) mass is 369 g/mol. The van der Waals surface area contributed by atoms with Gasteiger partial charge in [0.05, 0.1) is 17.9 Å². The molecule has 2 rings (SSSR count). The number of ether oxygens (including phenoxy) is 1. The fraction of sp³-hybridized carbons (Fsp3) is 0.278. The number of hydrogen-bond donors (Lipinski definition) is 5. The Morgan fingerprint density at radius 1 is 1.33 bits per heavy atom. The zero-order valence-corrected chi connectivity index (χ0v) is 15.1. The van der Waals surface area contributed by atoms with Crippen molar-refractivity contribution in [2.45, 2.75) is 6.54 Å². The van der Waals surface area contributed by atoms with Gasteiger partial charge in [-0.15, -0.1) is 0 Å². The summed E-state index contributed by atoms with van der Waals surface area (Å²) >= 11 is 0. The summed E-state index contributed by atoms with van der Waals surface area (Å²) in [6.07, 6.45) is 3.82. The van der Waals surface area contributed by atoms with Gasteiger partial charge < -0.3 is 31.3 Å². The fourth-order valence-corrected chi connectivity index (χ4v) is 2.24. The summed E-state index contributed by atoms with van der Waals surface area (Å²) in [7, 11) is 1.77. The number of rotatable bonds is 11. The Labute approximate surface area is 157 Å². The fourth-order valence-electron chi connectivity index (χ4n) is 2.24. The van der Waals surface area contributed by atoms with Crippen LogP contribution in [0.15, 0.2) is 35.5 Å². The zero-order valence-electron chi connectivity index (χ0n) is 15.1. The molecule has 9 heteroatoms. The number of aliphatic hydroxyl groups excluding tert-OH is 1. The highest BCUT2D eigenvalue weighted by molar-refractivity contribution is 6.31. The van der Waals surface area contributed by atoms with Crippen molar-refractivity contribution in [1.82, 2.24) is 15.3 Å². The molecule has 1 heterocycles. The van der Waals surface area contributed by atoms with Gasteiger partial charge in [0.15, 0.2) is 0 Å². The Morgan fingerprint density at radius 2 is 2.15 bits per heavy atom. The largest absolute Gasteiger partial charge is 0.491 e. The standard InChI is InChI=1S/C18H23N7O2/c1-21-12-15(9-20)24-18-23-11-14(8-19)17(25-18)22-10-13-4-2-3-5-16(13)27-7-6-26/h2-5,8-9,11,19-21,26H,6-7,10,12H2,1H3,(H,22,23,25). The van der Waals surface area contributed by atoms with E-state index in [0.29, 0.717) is 35.9 Å². The molecule has 0 bridgehead atoms. The van der Waals surface area contributed by atoms with E-state index in [1.165, 1.54) is 6.20 Å². The second kappa shape index (κ2) is 10.7. The summed E-state index contributed by atoms with van der Waals surface area (Å²) in [5.74, 6) is 1.34. The van der Waals surface area contributed by atoms with Crippen molar-refractivity contribution in [1.29, 1.82) is 10.8 Å². The Bertz CT molecular complexity index is 808. The third kappa shape index (κ3) is 5.94. The highest BCUT2D eigenvalue weighted by atomic mass is 16.5. The van der Waals surface area contributed by atoms with Crippen molar-refractivity contribution < 1.29 is 9.84 Å². The van der Waals surface area contributed by atoms with Gasteiger partial charge in [0, 0.05) is 37.3 Å². The average Bonchev–Trinajstić information content (AvgIpc) is 2.71. The van der Waals surface area contributed by atoms with Crippen LogP contribution in [0, 0.1) is 10.8 Å². The maximum atomic E-state index is 8.94. The molecular formula is C18H23N7O2. The molecule has 2 aromatic rings. The van der Waals surface area contributed by atoms with Gasteiger partial charge in [-0.3, -0.25) is 0 Å². The molecule has 27 heavy (non-hydrogen) atoms. The lowest BCUT2D eigenvalue weighted by Gasteiger charge is -2.13. The van der Waals surface area contributed by atoms with E-state index in [2.05, 4.69) is 25.6 Å². The van der Waals surface area contributed by atoms with Crippen LogP contribution in [0.5, 0.6) is 5.75 Å². The molecule has 9 nitrogen and oxygen atoms in total. The molecule has 0 aliphatic heterocycles. The topological polar surface area (TPSA) is 139 Å². The molecule has 0 aliphatic carbocycles. The van der Waals surface area contributed by atoms with Gasteiger partial charge >= 0.3 is 0 Å². The first kappa shape index (κ1) is 20.1. The molecule has 0 aliphatic rings. The molecule has 142 valence electrons. The van der Waals surface area contributed by atoms with Crippen molar-refractivity contribution in [3.8, 4) is 5.75 Å². The third-order valence-electron chi connectivity index (χ3n) is 3.50. The first-order valence-corrected chi connectivity index (χ1v) is 8.37. The second-order valence-electron chi connectivity index (χ2n) is 5.43. The molecule has 0 saturated heterocycles. The smallest absolute Gasteiger partial charge is 0.251 e. The summed E-state index contributed by atoms with van der Waals surface area (Å²) in [5, 5.41) is 30.0. The van der Waals surface area contributed by atoms with Crippen molar-refractivity contribution in [3.05, 3.63) is 41.6 Å². The predicted octanol–water partition coefficient (Wildman–Crippen LogP) is 1.40. The van der Waals surface area contributed by atoms with Crippen LogP contribution in [-0.2, 0) is 6.54 Å². The van der Waals surface area contributed by atoms with Crippen molar-refractivity contribution in [2.75, 3.05) is 32.1 Å². The van der Waals surface area contributed by atoms with Crippen LogP contribution < -0.4 is 15.4 Å². The number of aromatic nitrogens is 2. The van der Waals surface area contributed by atoms with E-state index in [4.69, 9.17) is 20.7 Å². The molecule has 0 fully saturated rings. The lowest BCUT2D eigenvalue weighted by atomic mass is 10.2. The molecule has 1 aromatic carbocycles. The molecule has 0 radical (unpaired) electrons. The number of anilines is 1. The van der Waals surface area contributed by atoms with Crippen LogP contribution in [0.3, 0.4) is 0 Å². The summed E-state index contributed by atoms with van der Waals surface area (Å²) in [6, 6.07) is 7.49. The maximum absolute atomic E-state index is 8.94. The zero-order chi connectivity index (χ0) is 19.5. The number of nitrogens with one attached hydrogen (secondary N) is 4. The Kier molecular flexibility index (Phi) is 8.01.